The van der Waals surface area contributed by atoms with E-state index in [1.54, 1.807) is 11.3 Å². The summed E-state index contributed by atoms with van der Waals surface area (Å²) in [6.45, 7) is 4.35. The van der Waals surface area contributed by atoms with Gasteiger partial charge in [-0.25, -0.2) is 0 Å². The minimum Gasteiger partial charge on any atom is -0.131 e. The molecule has 1 aromatic rings. The van der Waals surface area contributed by atoms with Crippen molar-refractivity contribution in [1.29, 1.82) is 0 Å². The minimum atomic E-state index is 0.604. The molecule has 0 nitrogen and oxygen atoms in total. The van der Waals surface area contributed by atoms with Gasteiger partial charge in [0.15, 0.2) is 0 Å². The summed E-state index contributed by atoms with van der Waals surface area (Å²) < 4.78 is 0. The molecule has 0 unspecified atom stereocenters. The van der Waals surface area contributed by atoms with E-state index in [9.17, 15) is 0 Å². The lowest BCUT2D eigenvalue weighted by molar-refractivity contribution is 0.890. The molecule has 1 heterocycles. The van der Waals surface area contributed by atoms with Gasteiger partial charge in [0.05, 0.1) is 4.88 Å². The third kappa shape index (κ3) is 1.40. The standard InChI is InChI=1S/C9H10S/c1-4-8-5-6-9(10-8)7(2)3/h1,5-7H,2-3H3. The molecule has 0 aliphatic carbocycles. The van der Waals surface area contributed by atoms with E-state index in [4.69, 9.17) is 6.42 Å². The first-order valence-corrected chi connectivity index (χ1v) is 4.12. The molecule has 0 bridgehead atoms. The van der Waals surface area contributed by atoms with Crippen molar-refractivity contribution >= 4 is 11.3 Å². The molecular formula is C9H10S. The summed E-state index contributed by atoms with van der Waals surface area (Å²) in [7, 11) is 0. The van der Waals surface area contributed by atoms with Crippen LogP contribution in [0.2, 0.25) is 0 Å². The van der Waals surface area contributed by atoms with E-state index in [1.165, 1.54) is 4.88 Å². The van der Waals surface area contributed by atoms with Crippen LogP contribution in [0.1, 0.15) is 29.5 Å². The lowest BCUT2D eigenvalue weighted by atomic mass is 10.2. The summed E-state index contributed by atoms with van der Waals surface area (Å²) >= 11 is 1.70. The zero-order valence-corrected chi connectivity index (χ0v) is 7.03. The SMILES string of the molecule is C#Cc1ccc(C(C)C)s1. The summed E-state index contributed by atoms with van der Waals surface area (Å²) in [4.78, 5) is 2.40. The van der Waals surface area contributed by atoms with Crippen molar-refractivity contribution < 1.29 is 0 Å². The molecule has 0 aromatic carbocycles. The Kier molecular flexibility index (Phi) is 2.13. The van der Waals surface area contributed by atoms with E-state index in [2.05, 4.69) is 25.8 Å². The van der Waals surface area contributed by atoms with E-state index < -0.39 is 0 Å². The molecule has 0 aliphatic heterocycles. The topological polar surface area (TPSA) is 0 Å². The Balaban J connectivity index is 2.91. The number of hydrogen-bond donors (Lipinski definition) is 0. The molecule has 0 spiro atoms. The van der Waals surface area contributed by atoms with Crippen molar-refractivity contribution in [1.82, 2.24) is 0 Å². The van der Waals surface area contributed by atoms with Crippen molar-refractivity contribution in [2.45, 2.75) is 19.8 Å². The minimum absolute atomic E-state index is 0.604. The van der Waals surface area contributed by atoms with Crippen LogP contribution in [-0.2, 0) is 0 Å². The summed E-state index contributed by atoms with van der Waals surface area (Å²) in [6, 6.07) is 4.10. The fourth-order valence-corrected chi connectivity index (χ4v) is 1.56. The molecule has 10 heavy (non-hydrogen) atoms. The highest BCUT2D eigenvalue weighted by atomic mass is 32.1. The Morgan fingerprint density at radius 3 is 2.50 bits per heavy atom. The van der Waals surface area contributed by atoms with Crippen molar-refractivity contribution in [2.75, 3.05) is 0 Å². The first kappa shape index (κ1) is 7.37. The Hall–Kier alpha value is -0.740. The van der Waals surface area contributed by atoms with Gasteiger partial charge in [-0.3, -0.25) is 0 Å². The van der Waals surface area contributed by atoms with Crippen LogP contribution in [0.3, 0.4) is 0 Å². The fraction of sp³-hybridized carbons (Fsp3) is 0.333. The van der Waals surface area contributed by atoms with Gasteiger partial charge in [0.1, 0.15) is 0 Å². The molecule has 0 amide bonds. The molecule has 1 rings (SSSR count). The normalized spacial score (nSPS) is 9.80. The number of hydrogen-bond acceptors (Lipinski definition) is 1. The predicted octanol–water partition coefficient (Wildman–Crippen LogP) is 2.85. The van der Waals surface area contributed by atoms with Gasteiger partial charge in [0.25, 0.3) is 0 Å². The van der Waals surface area contributed by atoms with Crippen LogP contribution < -0.4 is 0 Å². The molecule has 0 radical (unpaired) electrons. The van der Waals surface area contributed by atoms with Gasteiger partial charge in [-0.05, 0) is 18.1 Å². The highest BCUT2D eigenvalue weighted by Gasteiger charge is 2.00. The number of thiophene rings is 1. The zero-order chi connectivity index (χ0) is 7.56. The van der Waals surface area contributed by atoms with E-state index in [0.29, 0.717) is 5.92 Å². The molecule has 1 aromatic heterocycles. The van der Waals surface area contributed by atoms with Crippen LogP contribution in [0.4, 0.5) is 0 Å². The summed E-state index contributed by atoms with van der Waals surface area (Å²) in [5.74, 6) is 3.22. The first-order valence-electron chi connectivity index (χ1n) is 3.30. The van der Waals surface area contributed by atoms with Crippen molar-refractivity contribution in [3.8, 4) is 12.3 Å². The Labute approximate surface area is 65.9 Å². The molecular weight excluding hydrogens is 140 g/mol. The monoisotopic (exact) mass is 150 g/mol. The van der Waals surface area contributed by atoms with Crippen LogP contribution in [-0.4, -0.2) is 0 Å². The average molecular weight is 150 g/mol. The number of rotatable bonds is 1. The highest BCUT2D eigenvalue weighted by molar-refractivity contribution is 7.12. The van der Waals surface area contributed by atoms with Gasteiger partial charge < -0.3 is 0 Å². The molecule has 0 aliphatic rings. The average Bonchev–Trinajstić information content (AvgIpc) is 2.34. The van der Waals surface area contributed by atoms with E-state index in [1.807, 2.05) is 6.07 Å². The molecule has 52 valence electrons. The van der Waals surface area contributed by atoms with Gasteiger partial charge >= 0.3 is 0 Å². The van der Waals surface area contributed by atoms with Crippen LogP contribution in [0, 0.1) is 12.3 Å². The van der Waals surface area contributed by atoms with Gasteiger partial charge in [-0.15, -0.1) is 17.8 Å². The largest absolute Gasteiger partial charge is 0.131 e. The molecule has 1 heteroatoms. The molecule has 0 atom stereocenters. The van der Waals surface area contributed by atoms with Gasteiger partial charge in [-0.1, -0.05) is 19.8 Å². The third-order valence-corrected chi connectivity index (χ3v) is 2.66. The van der Waals surface area contributed by atoms with E-state index in [0.717, 1.165) is 4.88 Å². The maximum absolute atomic E-state index is 5.22. The Morgan fingerprint density at radius 2 is 2.20 bits per heavy atom. The molecule has 0 saturated heterocycles. The maximum atomic E-state index is 5.22. The van der Waals surface area contributed by atoms with Gasteiger partial charge in [-0.2, -0.15) is 0 Å². The molecule has 0 fully saturated rings. The Bertz CT molecular complexity index is 250. The van der Waals surface area contributed by atoms with Crippen LogP contribution in [0.5, 0.6) is 0 Å². The van der Waals surface area contributed by atoms with E-state index in [-0.39, 0.29) is 0 Å². The summed E-state index contributed by atoms with van der Waals surface area (Å²) in [6.07, 6.45) is 5.22. The zero-order valence-electron chi connectivity index (χ0n) is 6.22. The van der Waals surface area contributed by atoms with Crippen molar-refractivity contribution in [3.05, 3.63) is 21.9 Å². The summed E-state index contributed by atoms with van der Waals surface area (Å²) in [5, 5.41) is 0. The maximum Gasteiger partial charge on any atom is 0.0768 e. The third-order valence-electron chi connectivity index (χ3n) is 1.34. The first-order chi connectivity index (χ1) is 4.74. The van der Waals surface area contributed by atoms with Crippen LogP contribution in [0.25, 0.3) is 0 Å². The predicted molar refractivity (Wildman–Crippen MR) is 46.3 cm³/mol. The highest BCUT2D eigenvalue weighted by Crippen LogP contribution is 2.23. The lowest BCUT2D eigenvalue weighted by Crippen LogP contribution is -1.77. The summed E-state index contributed by atoms with van der Waals surface area (Å²) in [5.41, 5.74) is 0. The van der Waals surface area contributed by atoms with Gasteiger partial charge in [0.2, 0.25) is 0 Å². The second-order valence-corrected chi connectivity index (χ2v) is 3.62. The van der Waals surface area contributed by atoms with Gasteiger partial charge in [0, 0.05) is 4.88 Å². The second-order valence-electron chi connectivity index (χ2n) is 2.50. The smallest absolute Gasteiger partial charge is 0.0768 e. The van der Waals surface area contributed by atoms with Crippen LogP contribution in [0.15, 0.2) is 12.1 Å². The fourth-order valence-electron chi connectivity index (χ4n) is 0.741. The molecule has 0 saturated carbocycles. The molecule has 0 N–H and O–H groups in total. The van der Waals surface area contributed by atoms with Crippen LogP contribution >= 0.6 is 11.3 Å². The second kappa shape index (κ2) is 2.90. The van der Waals surface area contributed by atoms with E-state index >= 15 is 0 Å². The Morgan fingerprint density at radius 1 is 1.50 bits per heavy atom. The lowest BCUT2D eigenvalue weighted by Gasteiger charge is -1.96. The van der Waals surface area contributed by atoms with Crippen molar-refractivity contribution in [2.24, 2.45) is 0 Å². The van der Waals surface area contributed by atoms with Crippen molar-refractivity contribution in [3.63, 3.8) is 0 Å². The quantitative estimate of drug-likeness (QED) is 0.540. The number of terminal acetylenes is 1.